The number of aryl methyl sites for hydroxylation is 2. The highest BCUT2D eigenvalue weighted by atomic mass is 16.4. The predicted molar refractivity (Wildman–Crippen MR) is 64.7 cm³/mol. The molecule has 1 N–H and O–H groups in total. The molecule has 0 saturated carbocycles. The molecule has 2 heterocycles. The lowest BCUT2D eigenvalue weighted by atomic mass is 10.1. The molecule has 5 nitrogen and oxygen atoms in total. The predicted octanol–water partition coefficient (Wildman–Crippen LogP) is 3.37. The third-order valence-electron chi connectivity index (χ3n) is 2.67. The Kier molecular flexibility index (Phi) is 2.98. The zero-order valence-corrected chi connectivity index (χ0v) is 10.8. The number of carbonyl (C=O) groups is 1. The van der Waals surface area contributed by atoms with E-state index in [-0.39, 0.29) is 11.7 Å². The van der Waals surface area contributed by atoms with E-state index in [0.29, 0.717) is 22.9 Å². The van der Waals surface area contributed by atoms with Crippen molar-refractivity contribution in [3.63, 3.8) is 0 Å². The van der Waals surface area contributed by atoms with E-state index in [2.05, 4.69) is 4.98 Å². The summed E-state index contributed by atoms with van der Waals surface area (Å²) < 4.78 is 10.7. The Bertz CT molecular complexity index is 592. The van der Waals surface area contributed by atoms with Gasteiger partial charge in [0.25, 0.3) is 0 Å². The second-order valence-electron chi connectivity index (χ2n) is 4.52. The van der Waals surface area contributed by atoms with Gasteiger partial charge in [-0.15, -0.1) is 0 Å². The first-order valence-corrected chi connectivity index (χ1v) is 5.71. The molecule has 0 bridgehead atoms. The highest BCUT2D eigenvalue weighted by Crippen LogP contribution is 2.30. The molecule has 5 heteroatoms. The van der Waals surface area contributed by atoms with Crippen LogP contribution in [0.2, 0.25) is 0 Å². The Morgan fingerprint density at radius 1 is 1.33 bits per heavy atom. The molecule has 0 aliphatic rings. The molecular weight excluding hydrogens is 234 g/mol. The number of hydrogen-bond acceptors (Lipinski definition) is 4. The lowest BCUT2D eigenvalue weighted by molar-refractivity contribution is 0.0661. The molecule has 2 aromatic heterocycles. The Morgan fingerprint density at radius 2 is 2.00 bits per heavy atom. The van der Waals surface area contributed by atoms with Crippen LogP contribution in [0.3, 0.4) is 0 Å². The number of carboxylic acid groups (broad SMARTS) is 1. The van der Waals surface area contributed by atoms with Crippen LogP contribution in [0.1, 0.15) is 47.5 Å². The smallest absolute Gasteiger partial charge is 0.373 e. The quantitative estimate of drug-likeness (QED) is 0.902. The number of hydrogen-bond donors (Lipinski definition) is 1. The van der Waals surface area contributed by atoms with Crippen LogP contribution < -0.4 is 0 Å². The topological polar surface area (TPSA) is 76.5 Å². The fourth-order valence-corrected chi connectivity index (χ4v) is 1.83. The van der Waals surface area contributed by atoms with Gasteiger partial charge in [0.2, 0.25) is 11.7 Å². The first kappa shape index (κ1) is 12.4. The van der Waals surface area contributed by atoms with E-state index in [0.717, 1.165) is 5.76 Å². The molecule has 0 atom stereocenters. The van der Waals surface area contributed by atoms with Crippen molar-refractivity contribution in [1.29, 1.82) is 0 Å². The maximum absolute atomic E-state index is 11.1. The highest BCUT2D eigenvalue weighted by molar-refractivity contribution is 5.86. The van der Waals surface area contributed by atoms with Gasteiger partial charge in [-0.25, -0.2) is 9.78 Å². The summed E-state index contributed by atoms with van der Waals surface area (Å²) in [5.74, 6) is 0.491. The number of carboxylic acids is 1. The minimum absolute atomic E-state index is 0.0121. The molecule has 2 rings (SSSR count). The molecule has 96 valence electrons. The molecule has 18 heavy (non-hydrogen) atoms. The first-order valence-electron chi connectivity index (χ1n) is 5.71. The highest BCUT2D eigenvalue weighted by Gasteiger charge is 2.24. The van der Waals surface area contributed by atoms with Gasteiger partial charge in [0, 0.05) is 0 Å². The standard InChI is InChI=1S/C13H15NO4/c1-6(2)10-11(13(15)16)18-12(14-10)9-5-7(3)17-8(9)4/h5-6H,1-4H3,(H,15,16). The third kappa shape index (κ3) is 2.03. The lowest BCUT2D eigenvalue weighted by Gasteiger charge is -1.98. The lowest BCUT2D eigenvalue weighted by Crippen LogP contribution is -2.01. The summed E-state index contributed by atoms with van der Waals surface area (Å²) >= 11 is 0. The number of nitrogens with zero attached hydrogens (tertiary/aromatic N) is 1. The zero-order valence-electron chi connectivity index (χ0n) is 10.8. The minimum atomic E-state index is -1.10. The summed E-state index contributed by atoms with van der Waals surface area (Å²) in [5.41, 5.74) is 1.15. The normalized spacial score (nSPS) is 11.2. The average Bonchev–Trinajstić information content (AvgIpc) is 2.81. The van der Waals surface area contributed by atoms with E-state index in [9.17, 15) is 4.79 Å². The molecule has 0 aromatic carbocycles. The van der Waals surface area contributed by atoms with Gasteiger partial charge >= 0.3 is 5.97 Å². The largest absolute Gasteiger partial charge is 0.475 e. The van der Waals surface area contributed by atoms with Gasteiger partial charge < -0.3 is 13.9 Å². The van der Waals surface area contributed by atoms with E-state index in [4.69, 9.17) is 13.9 Å². The Balaban J connectivity index is 2.56. The summed E-state index contributed by atoms with van der Waals surface area (Å²) in [4.78, 5) is 15.4. The number of aromatic carboxylic acids is 1. The SMILES string of the molecule is Cc1cc(-c2nc(C(C)C)c(C(=O)O)o2)c(C)o1. The van der Waals surface area contributed by atoms with Gasteiger partial charge in [0.15, 0.2) is 0 Å². The number of oxazole rings is 1. The van der Waals surface area contributed by atoms with Gasteiger partial charge in [-0.05, 0) is 25.8 Å². The minimum Gasteiger partial charge on any atom is -0.475 e. The number of furan rings is 1. The van der Waals surface area contributed by atoms with Crippen LogP contribution in [0.25, 0.3) is 11.5 Å². The summed E-state index contributed by atoms with van der Waals surface area (Å²) in [6.07, 6.45) is 0. The molecule has 0 fully saturated rings. The fourth-order valence-electron chi connectivity index (χ4n) is 1.83. The Hall–Kier alpha value is -2.04. The van der Waals surface area contributed by atoms with Crippen LogP contribution in [0.4, 0.5) is 0 Å². The van der Waals surface area contributed by atoms with Crippen LogP contribution in [-0.4, -0.2) is 16.1 Å². The summed E-state index contributed by atoms with van der Waals surface area (Å²) in [7, 11) is 0. The van der Waals surface area contributed by atoms with E-state index in [1.807, 2.05) is 20.8 Å². The van der Waals surface area contributed by atoms with Crippen LogP contribution in [-0.2, 0) is 0 Å². The van der Waals surface area contributed by atoms with Crippen molar-refractivity contribution in [2.24, 2.45) is 0 Å². The summed E-state index contributed by atoms with van der Waals surface area (Å²) in [6.45, 7) is 7.37. The van der Waals surface area contributed by atoms with Crippen molar-refractivity contribution in [2.75, 3.05) is 0 Å². The van der Waals surface area contributed by atoms with Gasteiger partial charge in [-0.1, -0.05) is 13.8 Å². The molecule has 0 aliphatic heterocycles. The monoisotopic (exact) mass is 249 g/mol. The van der Waals surface area contributed by atoms with Gasteiger partial charge in [0.1, 0.15) is 11.5 Å². The average molecular weight is 249 g/mol. The summed E-state index contributed by atoms with van der Waals surface area (Å²) in [6, 6.07) is 1.79. The molecule has 0 radical (unpaired) electrons. The van der Waals surface area contributed by atoms with E-state index in [1.54, 1.807) is 13.0 Å². The zero-order chi connectivity index (χ0) is 13.4. The van der Waals surface area contributed by atoms with Crippen molar-refractivity contribution in [3.05, 3.63) is 29.0 Å². The van der Waals surface area contributed by atoms with Crippen LogP contribution in [0, 0.1) is 13.8 Å². The molecule has 0 saturated heterocycles. The van der Waals surface area contributed by atoms with Gasteiger partial charge in [-0.2, -0.15) is 0 Å². The number of aromatic nitrogens is 1. The maximum atomic E-state index is 11.1. The molecule has 0 unspecified atom stereocenters. The second-order valence-corrected chi connectivity index (χ2v) is 4.52. The van der Waals surface area contributed by atoms with Crippen molar-refractivity contribution in [3.8, 4) is 11.5 Å². The van der Waals surface area contributed by atoms with Crippen molar-refractivity contribution in [1.82, 2.24) is 4.98 Å². The second kappa shape index (κ2) is 4.33. The molecule has 0 aliphatic carbocycles. The Morgan fingerprint density at radius 3 is 2.39 bits per heavy atom. The maximum Gasteiger partial charge on any atom is 0.373 e. The van der Waals surface area contributed by atoms with Crippen LogP contribution in [0.5, 0.6) is 0 Å². The number of rotatable bonds is 3. The van der Waals surface area contributed by atoms with Gasteiger partial charge in [-0.3, -0.25) is 0 Å². The van der Waals surface area contributed by atoms with Crippen LogP contribution in [0.15, 0.2) is 14.9 Å². The Labute approximate surface area is 104 Å². The molecule has 0 amide bonds. The van der Waals surface area contributed by atoms with E-state index >= 15 is 0 Å². The van der Waals surface area contributed by atoms with Crippen molar-refractivity contribution >= 4 is 5.97 Å². The fraction of sp³-hybridized carbons (Fsp3) is 0.385. The molecular formula is C13H15NO4. The van der Waals surface area contributed by atoms with E-state index in [1.165, 1.54) is 0 Å². The van der Waals surface area contributed by atoms with Gasteiger partial charge in [0.05, 0.1) is 11.3 Å². The van der Waals surface area contributed by atoms with Crippen molar-refractivity contribution < 1.29 is 18.7 Å². The van der Waals surface area contributed by atoms with E-state index < -0.39 is 5.97 Å². The summed E-state index contributed by atoms with van der Waals surface area (Å²) in [5, 5.41) is 9.09. The third-order valence-corrected chi connectivity index (χ3v) is 2.67. The van der Waals surface area contributed by atoms with Crippen LogP contribution >= 0.6 is 0 Å². The first-order chi connectivity index (χ1) is 8.40. The molecule has 2 aromatic rings. The molecule has 0 spiro atoms. The van der Waals surface area contributed by atoms with Crippen molar-refractivity contribution in [2.45, 2.75) is 33.6 Å².